The van der Waals surface area contributed by atoms with Crippen LogP contribution in [-0.2, 0) is 0 Å². The van der Waals surface area contributed by atoms with Gasteiger partial charge in [0.05, 0.1) is 0 Å². The van der Waals surface area contributed by atoms with Crippen molar-refractivity contribution < 1.29 is 0 Å². The van der Waals surface area contributed by atoms with Crippen LogP contribution < -0.4 is 10.2 Å². The molecule has 0 amide bonds. The van der Waals surface area contributed by atoms with Crippen LogP contribution in [0.2, 0.25) is 0 Å². The molecule has 0 aliphatic heterocycles. The minimum Gasteiger partial charge on any atom is -0.372 e. The van der Waals surface area contributed by atoms with Crippen LogP contribution >= 0.6 is 0 Å². The highest BCUT2D eigenvalue weighted by Crippen LogP contribution is 2.20. The van der Waals surface area contributed by atoms with Crippen molar-refractivity contribution >= 4 is 17.2 Å². The molecule has 0 spiro atoms. The summed E-state index contributed by atoms with van der Waals surface area (Å²) in [4.78, 5) is 11.0. The van der Waals surface area contributed by atoms with E-state index in [-0.39, 0.29) is 0 Å². The second kappa shape index (κ2) is 6.37. The van der Waals surface area contributed by atoms with Crippen molar-refractivity contribution in [2.45, 2.75) is 27.7 Å². The smallest absolute Gasteiger partial charge is 0.134 e. The molecular formula is C16H22N4. The van der Waals surface area contributed by atoms with Gasteiger partial charge in [0.15, 0.2) is 0 Å². The number of anilines is 3. The SMILES string of the molecule is CCN(CC)c1ccc(Nc2cc(C)nc(C)n2)cc1. The van der Waals surface area contributed by atoms with Crippen molar-refractivity contribution in [1.29, 1.82) is 0 Å². The van der Waals surface area contributed by atoms with Crippen molar-refractivity contribution in [1.82, 2.24) is 9.97 Å². The van der Waals surface area contributed by atoms with Gasteiger partial charge < -0.3 is 10.2 Å². The summed E-state index contributed by atoms with van der Waals surface area (Å²) in [5.74, 6) is 1.62. The summed E-state index contributed by atoms with van der Waals surface area (Å²) in [5, 5.41) is 3.32. The summed E-state index contributed by atoms with van der Waals surface area (Å²) in [6, 6.07) is 10.4. The van der Waals surface area contributed by atoms with E-state index in [1.165, 1.54) is 5.69 Å². The standard InChI is InChI=1S/C16H22N4/c1-5-20(6-2)15-9-7-14(8-10-15)19-16-11-12(3)17-13(4)18-16/h7-11H,5-6H2,1-4H3,(H,17,18,19). The number of nitrogens with one attached hydrogen (secondary N) is 1. The third-order valence-corrected chi connectivity index (χ3v) is 3.23. The van der Waals surface area contributed by atoms with Crippen LogP contribution in [0.15, 0.2) is 30.3 Å². The molecule has 2 aromatic rings. The number of benzene rings is 1. The van der Waals surface area contributed by atoms with Crippen LogP contribution in [0, 0.1) is 13.8 Å². The number of hydrogen-bond donors (Lipinski definition) is 1. The van der Waals surface area contributed by atoms with E-state index in [0.717, 1.165) is 36.1 Å². The highest BCUT2D eigenvalue weighted by molar-refractivity contribution is 5.60. The molecule has 106 valence electrons. The van der Waals surface area contributed by atoms with Crippen molar-refractivity contribution in [3.63, 3.8) is 0 Å². The van der Waals surface area contributed by atoms with Crippen LogP contribution in [-0.4, -0.2) is 23.1 Å². The van der Waals surface area contributed by atoms with Gasteiger partial charge in [-0.05, 0) is 52.0 Å². The molecule has 1 aromatic carbocycles. The molecule has 0 unspecified atom stereocenters. The van der Waals surface area contributed by atoms with Crippen LogP contribution in [0.25, 0.3) is 0 Å². The van der Waals surface area contributed by atoms with Gasteiger partial charge in [0.2, 0.25) is 0 Å². The van der Waals surface area contributed by atoms with Crippen molar-refractivity contribution in [2.75, 3.05) is 23.3 Å². The van der Waals surface area contributed by atoms with Crippen molar-refractivity contribution in [3.05, 3.63) is 41.9 Å². The third-order valence-electron chi connectivity index (χ3n) is 3.23. The second-order valence-corrected chi connectivity index (χ2v) is 4.79. The maximum absolute atomic E-state index is 4.39. The van der Waals surface area contributed by atoms with E-state index in [1.54, 1.807) is 0 Å². The first-order valence-electron chi connectivity index (χ1n) is 7.06. The molecule has 0 saturated heterocycles. The fourth-order valence-electron chi connectivity index (χ4n) is 2.27. The lowest BCUT2D eigenvalue weighted by atomic mass is 10.2. The van der Waals surface area contributed by atoms with Crippen LogP contribution in [0.1, 0.15) is 25.4 Å². The van der Waals surface area contributed by atoms with Crippen LogP contribution in [0.3, 0.4) is 0 Å². The van der Waals surface area contributed by atoms with E-state index in [2.05, 4.69) is 58.3 Å². The molecule has 0 saturated carbocycles. The Morgan fingerprint density at radius 2 is 1.65 bits per heavy atom. The van der Waals surface area contributed by atoms with Gasteiger partial charge in [-0.25, -0.2) is 9.97 Å². The van der Waals surface area contributed by atoms with Gasteiger partial charge in [0, 0.05) is 36.2 Å². The largest absolute Gasteiger partial charge is 0.372 e. The molecule has 4 nitrogen and oxygen atoms in total. The summed E-state index contributed by atoms with van der Waals surface area (Å²) >= 11 is 0. The lowest BCUT2D eigenvalue weighted by Gasteiger charge is -2.21. The highest BCUT2D eigenvalue weighted by atomic mass is 15.1. The molecule has 0 radical (unpaired) electrons. The summed E-state index contributed by atoms with van der Waals surface area (Å²) in [6.45, 7) is 10.3. The Morgan fingerprint density at radius 1 is 1.00 bits per heavy atom. The number of aromatic nitrogens is 2. The predicted molar refractivity (Wildman–Crippen MR) is 84.8 cm³/mol. The number of aryl methyl sites for hydroxylation is 2. The first-order valence-corrected chi connectivity index (χ1v) is 7.06. The predicted octanol–water partition coefficient (Wildman–Crippen LogP) is 3.68. The number of rotatable bonds is 5. The Kier molecular flexibility index (Phi) is 4.56. The summed E-state index contributed by atoms with van der Waals surface area (Å²) < 4.78 is 0. The fraction of sp³-hybridized carbons (Fsp3) is 0.375. The molecule has 0 aliphatic rings. The Morgan fingerprint density at radius 3 is 2.20 bits per heavy atom. The first-order chi connectivity index (χ1) is 9.62. The average Bonchev–Trinajstić information content (AvgIpc) is 2.41. The minimum absolute atomic E-state index is 0.785. The lowest BCUT2D eigenvalue weighted by Crippen LogP contribution is -2.21. The zero-order chi connectivity index (χ0) is 14.5. The Bertz CT molecular complexity index is 539. The molecule has 20 heavy (non-hydrogen) atoms. The van der Waals surface area contributed by atoms with E-state index < -0.39 is 0 Å². The van der Waals surface area contributed by atoms with Gasteiger partial charge >= 0.3 is 0 Å². The Hall–Kier alpha value is -2.10. The van der Waals surface area contributed by atoms with Crippen molar-refractivity contribution in [2.24, 2.45) is 0 Å². The summed E-state index contributed by atoms with van der Waals surface area (Å²) in [5.41, 5.74) is 3.26. The maximum Gasteiger partial charge on any atom is 0.134 e. The van der Waals surface area contributed by atoms with E-state index in [4.69, 9.17) is 0 Å². The van der Waals surface area contributed by atoms with Crippen LogP contribution in [0.4, 0.5) is 17.2 Å². The molecule has 1 N–H and O–H groups in total. The quantitative estimate of drug-likeness (QED) is 0.899. The Balaban J connectivity index is 2.14. The van der Waals surface area contributed by atoms with Crippen molar-refractivity contribution in [3.8, 4) is 0 Å². The molecule has 2 rings (SSSR count). The van der Waals surface area contributed by atoms with Gasteiger partial charge in [0.1, 0.15) is 11.6 Å². The molecule has 4 heteroatoms. The third kappa shape index (κ3) is 3.47. The summed E-state index contributed by atoms with van der Waals surface area (Å²) in [6.07, 6.45) is 0. The summed E-state index contributed by atoms with van der Waals surface area (Å²) in [7, 11) is 0. The van der Waals surface area contributed by atoms with E-state index in [9.17, 15) is 0 Å². The fourth-order valence-corrected chi connectivity index (χ4v) is 2.27. The van der Waals surface area contributed by atoms with Gasteiger partial charge in [-0.1, -0.05) is 0 Å². The molecule has 1 aromatic heterocycles. The number of nitrogens with zero attached hydrogens (tertiary/aromatic N) is 3. The zero-order valence-corrected chi connectivity index (χ0v) is 12.6. The molecule has 0 atom stereocenters. The van der Waals surface area contributed by atoms with E-state index in [0.29, 0.717) is 0 Å². The minimum atomic E-state index is 0.785. The van der Waals surface area contributed by atoms with Gasteiger partial charge in [-0.15, -0.1) is 0 Å². The zero-order valence-electron chi connectivity index (χ0n) is 12.6. The van der Waals surface area contributed by atoms with Crippen LogP contribution in [0.5, 0.6) is 0 Å². The normalized spacial score (nSPS) is 10.4. The average molecular weight is 270 g/mol. The van der Waals surface area contributed by atoms with Gasteiger partial charge in [-0.2, -0.15) is 0 Å². The molecule has 0 aliphatic carbocycles. The second-order valence-electron chi connectivity index (χ2n) is 4.79. The van der Waals surface area contributed by atoms with Gasteiger partial charge in [-0.3, -0.25) is 0 Å². The molecule has 1 heterocycles. The Labute approximate surface area is 120 Å². The lowest BCUT2D eigenvalue weighted by molar-refractivity contribution is 0.866. The maximum atomic E-state index is 4.39. The molecule has 0 bridgehead atoms. The highest BCUT2D eigenvalue weighted by Gasteiger charge is 2.03. The monoisotopic (exact) mass is 270 g/mol. The molecular weight excluding hydrogens is 248 g/mol. The number of hydrogen-bond acceptors (Lipinski definition) is 4. The van der Waals surface area contributed by atoms with E-state index >= 15 is 0 Å². The first kappa shape index (κ1) is 14.3. The molecule has 0 fully saturated rings. The van der Waals surface area contributed by atoms with E-state index in [1.807, 2.05) is 19.9 Å². The topological polar surface area (TPSA) is 41.0 Å². The van der Waals surface area contributed by atoms with Gasteiger partial charge in [0.25, 0.3) is 0 Å².